The van der Waals surface area contributed by atoms with Crippen molar-refractivity contribution in [3.05, 3.63) is 58.4 Å². The van der Waals surface area contributed by atoms with Crippen LogP contribution in [0.5, 0.6) is 0 Å². The number of rotatable bonds is 6. The number of thiophene rings is 1. The molecule has 6 heteroatoms. The topological polar surface area (TPSA) is 77.2 Å². The maximum absolute atomic E-state index is 11.9. The molecule has 0 saturated heterocycles. The number of aliphatic hydroxyl groups is 1. The Hall–Kier alpha value is -2.31. The van der Waals surface area contributed by atoms with Gasteiger partial charge in [0.25, 0.3) is 0 Å². The van der Waals surface area contributed by atoms with Gasteiger partial charge in [0.2, 0.25) is 0 Å². The van der Waals surface area contributed by atoms with Crippen molar-refractivity contribution in [3.63, 3.8) is 0 Å². The molecule has 0 radical (unpaired) electrons. The molecule has 2 heterocycles. The Bertz CT molecular complexity index is 809. The first-order valence-corrected chi connectivity index (χ1v) is 8.82. The van der Waals surface area contributed by atoms with Crippen LogP contribution in [0.25, 0.3) is 10.9 Å². The van der Waals surface area contributed by atoms with Crippen molar-refractivity contribution in [2.24, 2.45) is 0 Å². The van der Waals surface area contributed by atoms with Gasteiger partial charge in [0.15, 0.2) is 0 Å². The number of carbonyl (C=O) groups excluding carboxylic acids is 1. The lowest BCUT2D eigenvalue weighted by Crippen LogP contribution is -2.43. The fraction of sp³-hybridized carbons (Fsp3) is 0.278. The lowest BCUT2D eigenvalue weighted by molar-refractivity contribution is 0.0598. The summed E-state index contributed by atoms with van der Waals surface area (Å²) in [6.45, 7) is 2.40. The number of hydrogen-bond donors (Lipinski definition) is 4. The Morgan fingerprint density at radius 3 is 2.92 bits per heavy atom. The molecule has 0 aliphatic heterocycles. The summed E-state index contributed by atoms with van der Waals surface area (Å²) in [7, 11) is 0. The van der Waals surface area contributed by atoms with Gasteiger partial charge in [-0.25, -0.2) is 4.79 Å². The Kier molecular flexibility index (Phi) is 4.87. The zero-order chi connectivity index (χ0) is 17.0. The minimum atomic E-state index is -1.06. The van der Waals surface area contributed by atoms with E-state index in [2.05, 4.69) is 21.7 Å². The van der Waals surface area contributed by atoms with Crippen LogP contribution in [0.2, 0.25) is 0 Å². The van der Waals surface area contributed by atoms with E-state index in [4.69, 9.17) is 0 Å². The van der Waals surface area contributed by atoms with Crippen molar-refractivity contribution in [2.45, 2.75) is 18.9 Å². The number of aromatic nitrogens is 1. The van der Waals surface area contributed by atoms with Crippen LogP contribution in [0, 0.1) is 0 Å². The third-order valence-electron chi connectivity index (χ3n) is 4.09. The van der Waals surface area contributed by atoms with Crippen LogP contribution in [0.3, 0.4) is 0 Å². The van der Waals surface area contributed by atoms with Crippen molar-refractivity contribution in [2.75, 3.05) is 13.1 Å². The molecule has 3 aromatic rings. The summed E-state index contributed by atoms with van der Waals surface area (Å²) in [5, 5.41) is 20.9. The highest BCUT2D eigenvalue weighted by Crippen LogP contribution is 2.22. The molecule has 0 aliphatic rings. The third-order valence-corrected chi connectivity index (χ3v) is 4.77. The average molecular weight is 343 g/mol. The van der Waals surface area contributed by atoms with E-state index in [1.54, 1.807) is 6.92 Å². The smallest absolute Gasteiger partial charge is 0.314 e. The van der Waals surface area contributed by atoms with E-state index in [0.717, 1.165) is 17.5 Å². The molecule has 3 rings (SSSR count). The van der Waals surface area contributed by atoms with Crippen LogP contribution < -0.4 is 10.6 Å². The zero-order valence-electron chi connectivity index (χ0n) is 13.5. The monoisotopic (exact) mass is 343 g/mol. The van der Waals surface area contributed by atoms with E-state index in [1.165, 1.54) is 22.3 Å². The van der Waals surface area contributed by atoms with E-state index in [-0.39, 0.29) is 12.6 Å². The molecule has 1 unspecified atom stereocenters. The second-order valence-electron chi connectivity index (χ2n) is 6.00. The first-order valence-electron chi connectivity index (χ1n) is 7.88. The molecule has 0 aliphatic carbocycles. The van der Waals surface area contributed by atoms with Crippen molar-refractivity contribution in [3.8, 4) is 0 Å². The van der Waals surface area contributed by atoms with Gasteiger partial charge in [0, 0.05) is 23.6 Å². The molecular formula is C18H21N3O2S. The minimum Gasteiger partial charge on any atom is -0.384 e. The highest BCUT2D eigenvalue weighted by molar-refractivity contribution is 7.08. The van der Waals surface area contributed by atoms with Crippen molar-refractivity contribution in [1.82, 2.24) is 15.6 Å². The molecule has 4 N–H and O–H groups in total. The summed E-state index contributed by atoms with van der Waals surface area (Å²) in [6.07, 6.45) is 2.73. The Labute approximate surface area is 144 Å². The van der Waals surface area contributed by atoms with E-state index in [1.807, 2.05) is 41.2 Å². The summed E-state index contributed by atoms with van der Waals surface area (Å²) in [5.41, 5.74) is 2.03. The molecule has 1 atom stereocenters. The first-order chi connectivity index (χ1) is 11.6. The van der Waals surface area contributed by atoms with Crippen LogP contribution in [-0.4, -0.2) is 29.2 Å². The SMILES string of the molecule is CC(O)(CNC(=O)NCCc1c[nH]c2ccccc12)c1ccsc1. The third kappa shape index (κ3) is 3.77. The molecule has 126 valence electrons. The van der Waals surface area contributed by atoms with E-state index in [9.17, 15) is 9.90 Å². The second-order valence-corrected chi connectivity index (χ2v) is 6.78. The quantitative estimate of drug-likeness (QED) is 0.555. The predicted molar refractivity (Wildman–Crippen MR) is 97.3 cm³/mol. The van der Waals surface area contributed by atoms with Gasteiger partial charge in [-0.1, -0.05) is 18.2 Å². The minimum absolute atomic E-state index is 0.169. The van der Waals surface area contributed by atoms with Crippen molar-refractivity contribution in [1.29, 1.82) is 0 Å². The summed E-state index contributed by atoms with van der Waals surface area (Å²) in [4.78, 5) is 15.1. The van der Waals surface area contributed by atoms with E-state index >= 15 is 0 Å². The molecule has 0 spiro atoms. The number of hydrogen-bond acceptors (Lipinski definition) is 3. The maximum Gasteiger partial charge on any atom is 0.314 e. The van der Waals surface area contributed by atoms with Gasteiger partial charge in [0.1, 0.15) is 5.60 Å². The summed E-state index contributed by atoms with van der Waals surface area (Å²) in [6, 6.07) is 9.69. The molecule has 24 heavy (non-hydrogen) atoms. The second kappa shape index (κ2) is 7.07. The Balaban J connectivity index is 1.46. The number of para-hydroxylation sites is 1. The molecule has 2 amide bonds. The van der Waals surface area contributed by atoms with Crippen LogP contribution in [0.4, 0.5) is 4.79 Å². The van der Waals surface area contributed by atoms with Gasteiger partial charge < -0.3 is 20.7 Å². The number of carbonyl (C=O) groups is 1. The van der Waals surface area contributed by atoms with Gasteiger partial charge in [-0.2, -0.15) is 11.3 Å². The van der Waals surface area contributed by atoms with Gasteiger partial charge in [-0.05, 0) is 47.4 Å². The van der Waals surface area contributed by atoms with Gasteiger partial charge in [0.05, 0.1) is 6.54 Å². The molecule has 0 fully saturated rings. The zero-order valence-corrected chi connectivity index (χ0v) is 14.3. The standard InChI is InChI=1S/C18H21N3O2S/c1-18(23,14-7-9-24-11-14)12-21-17(22)19-8-6-13-10-20-16-5-3-2-4-15(13)16/h2-5,7,9-11,20,23H,6,8,12H2,1H3,(H2,19,21,22). The van der Waals surface area contributed by atoms with Gasteiger partial charge in [-0.15, -0.1) is 0 Å². The summed E-state index contributed by atoms with van der Waals surface area (Å²) >= 11 is 1.52. The predicted octanol–water partition coefficient (Wildman–Crippen LogP) is 2.98. The number of aromatic amines is 1. The van der Waals surface area contributed by atoms with Crippen LogP contribution in [0.15, 0.2) is 47.3 Å². The Morgan fingerprint density at radius 2 is 2.12 bits per heavy atom. The summed E-state index contributed by atoms with van der Waals surface area (Å²) in [5.74, 6) is 0. The first kappa shape index (κ1) is 16.5. The average Bonchev–Trinajstić information content (AvgIpc) is 3.24. The normalized spacial score (nSPS) is 13.6. The molecule has 0 saturated carbocycles. The number of fused-ring (bicyclic) bond motifs is 1. The number of H-pyrrole nitrogens is 1. The number of urea groups is 1. The fourth-order valence-corrected chi connectivity index (χ4v) is 3.42. The fourth-order valence-electron chi connectivity index (χ4n) is 2.64. The highest BCUT2D eigenvalue weighted by atomic mass is 32.1. The van der Waals surface area contributed by atoms with E-state index < -0.39 is 5.60 Å². The maximum atomic E-state index is 11.9. The van der Waals surface area contributed by atoms with Crippen molar-refractivity contribution < 1.29 is 9.90 Å². The summed E-state index contributed by atoms with van der Waals surface area (Å²) < 4.78 is 0. The highest BCUT2D eigenvalue weighted by Gasteiger charge is 2.24. The van der Waals surface area contributed by atoms with Crippen LogP contribution in [-0.2, 0) is 12.0 Å². The van der Waals surface area contributed by atoms with Crippen molar-refractivity contribution >= 4 is 28.3 Å². The number of amides is 2. The number of benzene rings is 1. The van der Waals surface area contributed by atoms with E-state index in [0.29, 0.717) is 6.54 Å². The molecule has 0 bridgehead atoms. The van der Waals surface area contributed by atoms with Crippen LogP contribution >= 0.6 is 11.3 Å². The number of nitrogens with one attached hydrogen (secondary N) is 3. The molecule has 1 aromatic carbocycles. The molecule has 5 nitrogen and oxygen atoms in total. The lowest BCUT2D eigenvalue weighted by Gasteiger charge is -2.22. The molecular weight excluding hydrogens is 322 g/mol. The van der Waals surface area contributed by atoms with Gasteiger partial charge in [-0.3, -0.25) is 0 Å². The van der Waals surface area contributed by atoms with Gasteiger partial charge >= 0.3 is 6.03 Å². The Morgan fingerprint density at radius 1 is 1.29 bits per heavy atom. The lowest BCUT2D eigenvalue weighted by atomic mass is 9.99. The largest absolute Gasteiger partial charge is 0.384 e. The van der Waals surface area contributed by atoms with Crippen LogP contribution in [0.1, 0.15) is 18.1 Å². The molecule has 2 aromatic heterocycles.